The van der Waals surface area contributed by atoms with Gasteiger partial charge in [0.1, 0.15) is 0 Å². The fraction of sp³-hybridized carbons (Fsp3) is 0.538. The second kappa shape index (κ2) is 6.89. The zero-order valence-electron chi connectivity index (χ0n) is 9.95. The van der Waals surface area contributed by atoms with Crippen molar-refractivity contribution in [3.63, 3.8) is 0 Å². The molecule has 0 amide bonds. The molecule has 0 aliphatic heterocycles. The highest BCUT2D eigenvalue weighted by molar-refractivity contribution is 6.31. The first-order chi connectivity index (χ1) is 7.63. The lowest BCUT2D eigenvalue weighted by Crippen LogP contribution is -2.26. The molecule has 2 nitrogen and oxygen atoms in total. The molecule has 1 aromatic rings. The number of methoxy groups -OCH3 is 1. The van der Waals surface area contributed by atoms with Gasteiger partial charge in [-0.15, -0.1) is 0 Å². The smallest absolute Gasteiger partial charge is 0.0488 e. The van der Waals surface area contributed by atoms with Crippen molar-refractivity contribution in [2.24, 2.45) is 11.7 Å². The molecule has 0 saturated carbocycles. The van der Waals surface area contributed by atoms with Gasteiger partial charge in [0.25, 0.3) is 0 Å². The Morgan fingerprint density at radius 3 is 2.69 bits per heavy atom. The van der Waals surface area contributed by atoms with Gasteiger partial charge in [0, 0.05) is 24.8 Å². The highest BCUT2D eigenvalue weighted by Gasteiger charge is 2.11. The predicted molar refractivity (Wildman–Crippen MR) is 68.8 cm³/mol. The van der Waals surface area contributed by atoms with Gasteiger partial charge in [-0.25, -0.2) is 0 Å². The first kappa shape index (κ1) is 13.5. The molecule has 0 radical (unpaired) electrons. The normalized spacial score (nSPS) is 14.8. The summed E-state index contributed by atoms with van der Waals surface area (Å²) in [7, 11) is 1.72. The molecule has 2 unspecified atom stereocenters. The second-order valence-electron chi connectivity index (χ2n) is 4.35. The SMILES string of the molecule is COCC(C)CC(N)Cc1ccccc1Cl. The fourth-order valence-corrected chi connectivity index (χ4v) is 2.11. The van der Waals surface area contributed by atoms with E-state index in [4.69, 9.17) is 22.1 Å². The average molecular weight is 242 g/mol. The molecule has 2 atom stereocenters. The van der Waals surface area contributed by atoms with Gasteiger partial charge in [-0.1, -0.05) is 36.7 Å². The zero-order valence-corrected chi connectivity index (χ0v) is 10.7. The molecule has 0 bridgehead atoms. The lowest BCUT2D eigenvalue weighted by Gasteiger charge is -2.17. The van der Waals surface area contributed by atoms with Crippen LogP contribution in [-0.4, -0.2) is 19.8 Å². The average Bonchev–Trinajstić information content (AvgIpc) is 2.21. The molecule has 0 spiro atoms. The van der Waals surface area contributed by atoms with E-state index < -0.39 is 0 Å². The third-order valence-corrected chi connectivity index (χ3v) is 2.96. The lowest BCUT2D eigenvalue weighted by atomic mass is 9.97. The molecule has 0 fully saturated rings. The van der Waals surface area contributed by atoms with E-state index in [1.165, 1.54) is 0 Å². The van der Waals surface area contributed by atoms with Gasteiger partial charge in [-0.3, -0.25) is 0 Å². The Hall–Kier alpha value is -0.570. The van der Waals surface area contributed by atoms with E-state index >= 15 is 0 Å². The van der Waals surface area contributed by atoms with Crippen LogP contribution < -0.4 is 5.73 Å². The largest absolute Gasteiger partial charge is 0.384 e. The van der Waals surface area contributed by atoms with Crippen molar-refractivity contribution in [1.82, 2.24) is 0 Å². The number of rotatable bonds is 6. The van der Waals surface area contributed by atoms with Crippen molar-refractivity contribution in [3.8, 4) is 0 Å². The Kier molecular flexibility index (Phi) is 5.81. The van der Waals surface area contributed by atoms with Crippen LogP contribution in [0.3, 0.4) is 0 Å². The topological polar surface area (TPSA) is 35.2 Å². The van der Waals surface area contributed by atoms with Gasteiger partial charge in [-0.05, 0) is 30.4 Å². The quantitative estimate of drug-likeness (QED) is 0.831. The minimum Gasteiger partial charge on any atom is -0.384 e. The van der Waals surface area contributed by atoms with Crippen molar-refractivity contribution in [2.45, 2.75) is 25.8 Å². The third kappa shape index (κ3) is 4.52. The summed E-state index contributed by atoms with van der Waals surface area (Å²) in [6, 6.07) is 8.01. The minimum atomic E-state index is 0.144. The lowest BCUT2D eigenvalue weighted by molar-refractivity contribution is 0.152. The molecule has 0 aliphatic carbocycles. The summed E-state index contributed by atoms with van der Waals surface area (Å²) in [4.78, 5) is 0. The number of ether oxygens (including phenoxy) is 1. The Balaban J connectivity index is 2.45. The number of hydrogen-bond acceptors (Lipinski definition) is 2. The summed E-state index contributed by atoms with van der Waals surface area (Å²) in [5, 5.41) is 0.803. The van der Waals surface area contributed by atoms with Gasteiger partial charge >= 0.3 is 0 Å². The van der Waals surface area contributed by atoms with E-state index in [0.717, 1.165) is 30.0 Å². The van der Waals surface area contributed by atoms with Gasteiger partial charge in [0.2, 0.25) is 0 Å². The number of halogens is 1. The first-order valence-electron chi connectivity index (χ1n) is 5.61. The highest BCUT2D eigenvalue weighted by atomic mass is 35.5. The molecular weight excluding hydrogens is 222 g/mol. The standard InChI is InChI=1S/C13H20ClNO/c1-10(9-16-2)7-12(15)8-11-5-3-4-6-13(11)14/h3-6,10,12H,7-9,15H2,1-2H3. The predicted octanol–water partition coefficient (Wildman–Crippen LogP) is 2.88. The van der Waals surface area contributed by atoms with E-state index in [9.17, 15) is 0 Å². The second-order valence-corrected chi connectivity index (χ2v) is 4.76. The number of hydrogen-bond donors (Lipinski definition) is 1. The maximum Gasteiger partial charge on any atom is 0.0488 e. The van der Waals surface area contributed by atoms with E-state index in [2.05, 4.69) is 6.92 Å². The summed E-state index contributed by atoms with van der Waals surface area (Å²) >= 11 is 6.09. The number of nitrogens with two attached hydrogens (primary N) is 1. The van der Waals surface area contributed by atoms with Crippen LogP contribution in [0.2, 0.25) is 5.02 Å². The number of benzene rings is 1. The molecule has 1 aromatic carbocycles. The maximum absolute atomic E-state index is 6.09. The molecule has 3 heteroatoms. The molecule has 16 heavy (non-hydrogen) atoms. The van der Waals surface area contributed by atoms with Crippen LogP contribution >= 0.6 is 11.6 Å². The molecule has 1 rings (SSSR count). The van der Waals surface area contributed by atoms with Crippen LogP contribution in [0.15, 0.2) is 24.3 Å². The Labute approximate surface area is 103 Å². The molecule has 0 aliphatic rings. The molecule has 0 aromatic heterocycles. The highest BCUT2D eigenvalue weighted by Crippen LogP contribution is 2.18. The third-order valence-electron chi connectivity index (χ3n) is 2.60. The summed E-state index contributed by atoms with van der Waals surface area (Å²) in [5.74, 6) is 0.488. The van der Waals surface area contributed by atoms with Crippen molar-refractivity contribution >= 4 is 11.6 Å². The monoisotopic (exact) mass is 241 g/mol. The van der Waals surface area contributed by atoms with Gasteiger partial charge in [0.15, 0.2) is 0 Å². The van der Waals surface area contributed by atoms with Crippen molar-refractivity contribution in [2.75, 3.05) is 13.7 Å². The van der Waals surface area contributed by atoms with E-state index in [1.807, 2.05) is 24.3 Å². The summed E-state index contributed by atoms with van der Waals surface area (Å²) in [6.45, 7) is 2.91. The van der Waals surface area contributed by atoms with Gasteiger partial charge < -0.3 is 10.5 Å². The molecule has 0 heterocycles. The van der Waals surface area contributed by atoms with Crippen LogP contribution in [0.5, 0.6) is 0 Å². The Bertz CT molecular complexity index is 317. The van der Waals surface area contributed by atoms with Gasteiger partial charge in [-0.2, -0.15) is 0 Å². The van der Waals surface area contributed by atoms with E-state index in [1.54, 1.807) is 7.11 Å². The summed E-state index contributed by atoms with van der Waals surface area (Å²) in [6.07, 6.45) is 1.78. The summed E-state index contributed by atoms with van der Waals surface area (Å²) < 4.78 is 5.10. The van der Waals surface area contributed by atoms with E-state index in [-0.39, 0.29) is 6.04 Å². The van der Waals surface area contributed by atoms with Crippen LogP contribution in [-0.2, 0) is 11.2 Å². The fourth-order valence-electron chi connectivity index (χ4n) is 1.90. The maximum atomic E-state index is 6.09. The minimum absolute atomic E-state index is 0.144. The first-order valence-corrected chi connectivity index (χ1v) is 5.99. The van der Waals surface area contributed by atoms with Crippen LogP contribution in [0.4, 0.5) is 0 Å². The zero-order chi connectivity index (χ0) is 12.0. The molecule has 90 valence electrons. The van der Waals surface area contributed by atoms with Crippen LogP contribution in [0, 0.1) is 5.92 Å². The molecule has 2 N–H and O–H groups in total. The van der Waals surface area contributed by atoms with Crippen LogP contribution in [0.25, 0.3) is 0 Å². The Morgan fingerprint density at radius 2 is 2.06 bits per heavy atom. The van der Waals surface area contributed by atoms with Gasteiger partial charge in [0.05, 0.1) is 0 Å². The molecular formula is C13H20ClNO. The summed E-state index contributed by atoms with van der Waals surface area (Å²) in [5.41, 5.74) is 7.22. The Morgan fingerprint density at radius 1 is 1.38 bits per heavy atom. The van der Waals surface area contributed by atoms with Crippen molar-refractivity contribution < 1.29 is 4.74 Å². The van der Waals surface area contributed by atoms with Crippen LogP contribution in [0.1, 0.15) is 18.9 Å². The molecule has 0 saturated heterocycles. The van der Waals surface area contributed by atoms with Crippen molar-refractivity contribution in [1.29, 1.82) is 0 Å². The van der Waals surface area contributed by atoms with E-state index in [0.29, 0.717) is 5.92 Å². The van der Waals surface area contributed by atoms with Crippen molar-refractivity contribution in [3.05, 3.63) is 34.9 Å².